The Kier molecular flexibility index (Phi) is 24.3. The van der Waals surface area contributed by atoms with Crippen LogP contribution in [-0.2, 0) is 14.3 Å². The van der Waals surface area contributed by atoms with Crippen molar-refractivity contribution in [1.82, 2.24) is 0 Å². The third-order valence-electron chi connectivity index (χ3n) is 6.24. The third kappa shape index (κ3) is 25.1. The molecule has 0 rings (SSSR count). The van der Waals surface area contributed by atoms with E-state index in [0.29, 0.717) is 12.8 Å². The zero-order chi connectivity index (χ0) is 24.4. The second-order valence-electron chi connectivity index (χ2n) is 9.58. The van der Waals surface area contributed by atoms with E-state index >= 15 is 0 Å². The van der Waals surface area contributed by atoms with Gasteiger partial charge in [0, 0.05) is 12.8 Å². The summed E-state index contributed by atoms with van der Waals surface area (Å²) >= 11 is 0. The van der Waals surface area contributed by atoms with Crippen LogP contribution in [0.4, 0.5) is 0 Å². The fraction of sp³-hybridized carbons (Fsp3) is 0.862. The first-order chi connectivity index (χ1) is 16.1. The number of carboxylic acid groups (broad SMARTS) is 1. The molecule has 1 N–H and O–H groups in total. The lowest BCUT2D eigenvalue weighted by Gasteiger charge is -2.17. The van der Waals surface area contributed by atoms with Crippen LogP contribution >= 0.6 is 0 Å². The van der Waals surface area contributed by atoms with Gasteiger partial charge in [0.25, 0.3) is 0 Å². The van der Waals surface area contributed by atoms with Crippen molar-refractivity contribution in [2.75, 3.05) is 0 Å². The lowest BCUT2D eigenvalue weighted by atomic mass is 10.0. The van der Waals surface area contributed by atoms with Gasteiger partial charge in [-0.3, -0.25) is 9.59 Å². The molecule has 0 radical (unpaired) electrons. The molecule has 1 unspecified atom stereocenters. The van der Waals surface area contributed by atoms with Crippen molar-refractivity contribution in [3.63, 3.8) is 0 Å². The number of carbonyl (C=O) groups excluding carboxylic acids is 1. The molecule has 0 fully saturated rings. The molecule has 0 saturated carbocycles. The summed E-state index contributed by atoms with van der Waals surface area (Å²) in [6.45, 7) is 4.41. The minimum absolute atomic E-state index is 0.00501. The zero-order valence-corrected chi connectivity index (χ0v) is 22.0. The monoisotopic (exact) mass is 466 g/mol. The van der Waals surface area contributed by atoms with E-state index in [-0.39, 0.29) is 18.5 Å². The summed E-state index contributed by atoms with van der Waals surface area (Å²) in [4.78, 5) is 22.8. The third-order valence-corrected chi connectivity index (χ3v) is 6.24. The second kappa shape index (κ2) is 25.3. The Morgan fingerprint density at radius 2 is 1.12 bits per heavy atom. The molecule has 0 bridgehead atoms. The highest BCUT2D eigenvalue weighted by Crippen LogP contribution is 2.16. The summed E-state index contributed by atoms with van der Waals surface area (Å²) in [7, 11) is 0. The van der Waals surface area contributed by atoms with Gasteiger partial charge < -0.3 is 9.84 Å². The van der Waals surface area contributed by atoms with Crippen molar-refractivity contribution in [3.8, 4) is 0 Å². The molecule has 0 spiro atoms. The normalized spacial score (nSPS) is 12.3. The van der Waals surface area contributed by atoms with Crippen LogP contribution in [0.3, 0.4) is 0 Å². The number of hydrogen-bond acceptors (Lipinski definition) is 3. The quantitative estimate of drug-likeness (QED) is 0.0827. The summed E-state index contributed by atoms with van der Waals surface area (Å²) in [5, 5.41) is 8.72. The van der Waals surface area contributed by atoms with Crippen molar-refractivity contribution in [1.29, 1.82) is 0 Å². The fourth-order valence-corrected chi connectivity index (χ4v) is 4.10. The Bertz CT molecular complexity index is 472. The molecule has 0 heterocycles. The Labute approximate surface area is 204 Å². The lowest BCUT2D eigenvalue weighted by Crippen LogP contribution is -2.18. The Balaban J connectivity index is 3.66. The number of esters is 1. The lowest BCUT2D eigenvalue weighted by molar-refractivity contribution is -0.150. The van der Waals surface area contributed by atoms with Crippen LogP contribution in [0.2, 0.25) is 0 Å². The molecule has 0 saturated heterocycles. The predicted octanol–water partition coefficient (Wildman–Crippen LogP) is 9.16. The number of hydrogen-bond donors (Lipinski definition) is 1. The summed E-state index contributed by atoms with van der Waals surface area (Å²) in [6, 6.07) is 0. The van der Waals surface area contributed by atoms with Crippen LogP contribution in [0.5, 0.6) is 0 Å². The van der Waals surface area contributed by atoms with Gasteiger partial charge in [-0.2, -0.15) is 0 Å². The molecule has 0 aliphatic rings. The first kappa shape index (κ1) is 31.7. The predicted molar refractivity (Wildman–Crippen MR) is 140 cm³/mol. The van der Waals surface area contributed by atoms with Crippen molar-refractivity contribution in [3.05, 3.63) is 12.2 Å². The van der Waals surface area contributed by atoms with E-state index in [1.165, 1.54) is 70.6 Å². The van der Waals surface area contributed by atoms with Gasteiger partial charge in [0.2, 0.25) is 0 Å². The van der Waals surface area contributed by atoms with Gasteiger partial charge in [-0.05, 0) is 57.8 Å². The summed E-state index contributed by atoms with van der Waals surface area (Å²) < 4.78 is 5.73. The molecule has 0 amide bonds. The number of carboxylic acids is 1. The number of rotatable bonds is 25. The smallest absolute Gasteiger partial charge is 0.306 e. The molecule has 194 valence electrons. The van der Waals surface area contributed by atoms with Crippen LogP contribution in [0, 0.1) is 0 Å². The standard InChI is InChI=1S/C29H54O4/c1-3-5-7-8-9-10-11-12-13-14-15-16-17-18-22-26-29(32)33-27(23-6-4-2)24-20-19-21-25-28(30)31/h12-13,27H,3-11,14-26H2,1-2H3,(H,30,31)/b13-12-. The molecule has 0 aromatic rings. The fourth-order valence-electron chi connectivity index (χ4n) is 4.10. The maximum Gasteiger partial charge on any atom is 0.306 e. The van der Waals surface area contributed by atoms with Crippen LogP contribution in [0.25, 0.3) is 0 Å². The van der Waals surface area contributed by atoms with Gasteiger partial charge in [0.1, 0.15) is 6.10 Å². The van der Waals surface area contributed by atoms with Gasteiger partial charge >= 0.3 is 11.9 Å². The molecule has 33 heavy (non-hydrogen) atoms. The van der Waals surface area contributed by atoms with E-state index < -0.39 is 5.97 Å². The molecule has 1 atom stereocenters. The van der Waals surface area contributed by atoms with Gasteiger partial charge in [0.15, 0.2) is 0 Å². The van der Waals surface area contributed by atoms with Crippen molar-refractivity contribution < 1.29 is 19.4 Å². The van der Waals surface area contributed by atoms with Crippen LogP contribution in [0.15, 0.2) is 12.2 Å². The molecular formula is C29H54O4. The molecule has 0 aliphatic carbocycles. The Morgan fingerprint density at radius 3 is 1.73 bits per heavy atom. The van der Waals surface area contributed by atoms with E-state index in [1.807, 2.05) is 0 Å². The maximum atomic E-state index is 12.2. The van der Waals surface area contributed by atoms with E-state index in [4.69, 9.17) is 9.84 Å². The molecule has 4 heteroatoms. The number of ether oxygens (including phenoxy) is 1. The van der Waals surface area contributed by atoms with E-state index in [1.54, 1.807) is 0 Å². The summed E-state index contributed by atoms with van der Waals surface area (Å²) in [6.07, 6.45) is 28.3. The van der Waals surface area contributed by atoms with Gasteiger partial charge in [-0.25, -0.2) is 0 Å². The Morgan fingerprint density at radius 1 is 0.636 bits per heavy atom. The van der Waals surface area contributed by atoms with Crippen molar-refractivity contribution >= 4 is 11.9 Å². The topological polar surface area (TPSA) is 63.6 Å². The molecule has 0 aromatic carbocycles. The summed E-state index contributed by atoms with van der Waals surface area (Å²) in [5.74, 6) is -0.789. The average Bonchev–Trinajstić information content (AvgIpc) is 2.79. The Hall–Kier alpha value is -1.32. The van der Waals surface area contributed by atoms with Gasteiger partial charge in [-0.15, -0.1) is 0 Å². The van der Waals surface area contributed by atoms with Crippen molar-refractivity contribution in [2.45, 2.75) is 161 Å². The first-order valence-corrected chi connectivity index (χ1v) is 14.2. The average molecular weight is 467 g/mol. The van der Waals surface area contributed by atoms with Crippen LogP contribution in [0.1, 0.15) is 155 Å². The van der Waals surface area contributed by atoms with Crippen LogP contribution < -0.4 is 0 Å². The minimum Gasteiger partial charge on any atom is -0.481 e. The number of carbonyl (C=O) groups is 2. The highest BCUT2D eigenvalue weighted by Gasteiger charge is 2.14. The molecule has 4 nitrogen and oxygen atoms in total. The van der Waals surface area contributed by atoms with E-state index in [0.717, 1.165) is 51.4 Å². The highest BCUT2D eigenvalue weighted by molar-refractivity contribution is 5.69. The zero-order valence-electron chi connectivity index (χ0n) is 22.0. The largest absolute Gasteiger partial charge is 0.481 e. The first-order valence-electron chi connectivity index (χ1n) is 14.2. The highest BCUT2D eigenvalue weighted by atomic mass is 16.5. The van der Waals surface area contributed by atoms with E-state index in [2.05, 4.69) is 26.0 Å². The summed E-state index contributed by atoms with van der Waals surface area (Å²) in [5.41, 5.74) is 0. The van der Waals surface area contributed by atoms with Crippen molar-refractivity contribution in [2.24, 2.45) is 0 Å². The number of allylic oxidation sites excluding steroid dienone is 2. The van der Waals surface area contributed by atoms with Gasteiger partial charge in [-0.1, -0.05) is 96.6 Å². The minimum atomic E-state index is -0.732. The molecule has 0 aliphatic heterocycles. The SMILES string of the molecule is CCCCCCCC/C=C\CCCCCCCC(=O)OC(CCCC)CCCCCC(=O)O. The molecular weight excluding hydrogens is 412 g/mol. The van der Waals surface area contributed by atoms with Gasteiger partial charge in [0.05, 0.1) is 0 Å². The number of unbranched alkanes of at least 4 members (excludes halogenated alkanes) is 14. The van der Waals surface area contributed by atoms with Crippen LogP contribution in [-0.4, -0.2) is 23.1 Å². The van der Waals surface area contributed by atoms with E-state index in [9.17, 15) is 9.59 Å². The maximum absolute atomic E-state index is 12.2. The second-order valence-corrected chi connectivity index (χ2v) is 9.58. The number of aliphatic carboxylic acids is 1. The molecule has 0 aromatic heterocycles.